The van der Waals surface area contributed by atoms with Crippen LogP contribution in [0.25, 0.3) is 11.0 Å². The van der Waals surface area contributed by atoms with Crippen molar-refractivity contribution in [3.8, 4) is 11.5 Å². The summed E-state index contributed by atoms with van der Waals surface area (Å²) >= 11 is 5.92. The van der Waals surface area contributed by atoms with E-state index >= 15 is 0 Å². The third-order valence-electron chi connectivity index (χ3n) is 7.10. The summed E-state index contributed by atoms with van der Waals surface area (Å²) in [6.45, 7) is 2.40. The fourth-order valence-corrected chi connectivity index (χ4v) is 5.07. The van der Waals surface area contributed by atoms with Crippen LogP contribution >= 0.6 is 11.6 Å². The predicted molar refractivity (Wildman–Crippen MR) is 147 cm³/mol. The van der Waals surface area contributed by atoms with Crippen LogP contribution in [0.15, 0.2) is 77.6 Å². The maximum atomic E-state index is 12.6. The number of nitrogens with zero attached hydrogens (tertiary/aromatic N) is 3. The van der Waals surface area contributed by atoms with Gasteiger partial charge < -0.3 is 19.7 Å². The van der Waals surface area contributed by atoms with Crippen LogP contribution in [0.1, 0.15) is 12.0 Å². The molecule has 2 heterocycles. The molecule has 0 amide bonds. The number of para-hydroxylation sites is 2. The zero-order chi connectivity index (χ0) is 26.7. The summed E-state index contributed by atoms with van der Waals surface area (Å²) in [5.41, 5.74) is 1.43. The van der Waals surface area contributed by atoms with E-state index < -0.39 is 11.7 Å². The molecule has 8 nitrogen and oxygen atoms in total. The maximum Gasteiger partial charge on any atom is 0.328 e. The lowest BCUT2D eigenvalue weighted by molar-refractivity contribution is -0.140. The van der Waals surface area contributed by atoms with Crippen molar-refractivity contribution in [3.63, 3.8) is 0 Å². The molecule has 200 valence electrons. The van der Waals surface area contributed by atoms with Crippen LogP contribution in [0.2, 0.25) is 5.02 Å². The number of fused-ring (bicyclic) bond motifs is 1. The Balaban J connectivity index is 1.14. The molecule has 1 aromatic heterocycles. The number of piperidine rings is 1. The lowest BCUT2D eigenvalue weighted by Crippen LogP contribution is -2.59. The van der Waals surface area contributed by atoms with Crippen molar-refractivity contribution in [2.75, 3.05) is 26.3 Å². The number of likely N-dealkylation sites (tertiary alicyclic amines) is 1. The van der Waals surface area contributed by atoms with Crippen LogP contribution < -0.4 is 15.2 Å². The number of benzene rings is 3. The number of aromatic nitrogens is 2. The van der Waals surface area contributed by atoms with Crippen LogP contribution in [0, 0.1) is 0 Å². The number of halogens is 1. The fraction of sp³-hybridized carbons (Fsp3) is 0.345. The summed E-state index contributed by atoms with van der Waals surface area (Å²) in [6.07, 6.45) is -0.411. The van der Waals surface area contributed by atoms with Gasteiger partial charge in [-0.05, 0) is 60.5 Å². The minimum atomic E-state index is -1.37. The smallest absolute Gasteiger partial charge is 0.328 e. The normalized spacial score (nSPS) is 20.1. The summed E-state index contributed by atoms with van der Waals surface area (Å²) in [5, 5.41) is 22.2. The van der Waals surface area contributed by atoms with Crippen molar-refractivity contribution < 1.29 is 19.7 Å². The van der Waals surface area contributed by atoms with Gasteiger partial charge in [0.15, 0.2) is 0 Å². The number of aryl methyl sites for hydroxylation is 1. The number of aliphatic hydroxyl groups is 2. The zero-order valence-electron chi connectivity index (χ0n) is 21.3. The summed E-state index contributed by atoms with van der Waals surface area (Å²) in [6, 6.07) is 22.5. The molecular formula is C29H32ClN3O5. The molecule has 9 heteroatoms. The van der Waals surface area contributed by atoms with Gasteiger partial charge in [-0.2, -0.15) is 0 Å². The largest absolute Gasteiger partial charge is 0.492 e. The van der Waals surface area contributed by atoms with E-state index in [0.717, 1.165) is 22.3 Å². The lowest BCUT2D eigenvalue weighted by atomic mass is 9.90. The third kappa shape index (κ3) is 5.73. The average molecular weight is 538 g/mol. The van der Waals surface area contributed by atoms with Crippen molar-refractivity contribution in [2.24, 2.45) is 7.05 Å². The summed E-state index contributed by atoms with van der Waals surface area (Å²) in [5.74, 6) is 1.32. The predicted octanol–water partition coefficient (Wildman–Crippen LogP) is 3.45. The fourth-order valence-electron chi connectivity index (χ4n) is 4.94. The van der Waals surface area contributed by atoms with Crippen molar-refractivity contribution >= 4 is 22.6 Å². The van der Waals surface area contributed by atoms with E-state index in [1.165, 1.54) is 0 Å². The molecule has 1 aliphatic heterocycles. The van der Waals surface area contributed by atoms with Gasteiger partial charge in [-0.3, -0.25) is 14.0 Å². The lowest BCUT2D eigenvalue weighted by Gasteiger charge is -2.42. The van der Waals surface area contributed by atoms with Crippen molar-refractivity contribution in [1.29, 1.82) is 0 Å². The SMILES string of the molecule is Cn1c(=O)n(CCOc2ccc(CN3CC[C@H](O)[C@@](O)(COc4ccc(Cl)cc4)C3)cc2)c2ccccc21. The molecule has 3 aromatic carbocycles. The first kappa shape index (κ1) is 26.3. The summed E-state index contributed by atoms with van der Waals surface area (Å²) in [4.78, 5) is 14.7. The van der Waals surface area contributed by atoms with Crippen LogP contribution in [0.3, 0.4) is 0 Å². The van der Waals surface area contributed by atoms with E-state index in [1.54, 1.807) is 40.4 Å². The van der Waals surface area contributed by atoms with Gasteiger partial charge in [-0.1, -0.05) is 35.9 Å². The minimum Gasteiger partial charge on any atom is -0.492 e. The monoisotopic (exact) mass is 537 g/mol. The molecule has 1 aliphatic rings. The minimum absolute atomic E-state index is 0.0150. The van der Waals surface area contributed by atoms with E-state index in [-0.39, 0.29) is 12.3 Å². The van der Waals surface area contributed by atoms with Crippen LogP contribution in [-0.4, -0.2) is 62.3 Å². The quantitative estimate of drug-likeness (QED) is 0.340. The second-order valence-electron chi connectivity index (χ2n) is 9.84. The molecule has 0 radical (unpaired) electrons. The second kappa shape index (κ2) is 11.2. The topological polar surface area (TPSA) is 89.1 Å². The van der Waals surface area contributed by atoms with Gasteiger partial charge in [0.05, 0.1) is 23.7 Å². The zero-order valence-corrected chi connectivity index (χ0v) is 22.1. The van der Waals surface area contributed by atoms with Gasteiger partial charge in [0.2, 0.25) is 0 Å². The highest BCUT2D eigenvalue weighted by molar-refractivity contribution is 6.30. The Morgan fingerprint density at radius 2 is 1.63 bits per heavy atom. The van der Waals surface area contributed by atoms with E-state index in [4.69, 9.17) is 21.1 Å². The molecule has 0 aliphatic carbocycles. The number of β-amino-alcohol motifs (C(OH)–C–C–N with tert-alkyl or cyclic N) is 1. The van der Waals surface area contributed by atoms with Crippen LogP contribution in [0.4, 0.5) is 0 Å². The summed E-state index contributed by atoms with van der Waals surface area (Å²) in [7, 11) is 1.78. The molecule has 5 rings (SSSR count). The van der Waals surface area contributed by atoms with Crippen molar-refractivity contribution in [3.05, 3.63) is 93.9 Å². The Morgan fingerprint density at radius 1 is 0.974 bits per heavy atom. The van der Waals surface area contributed by atoms with Crippen LogP contribution in [-0.2, 0) is 20.1 Å². The molecule has 38 heavy (non-hydrogen) atoms. The molecular weight excluding hydrogens is 506 g/mol. The first-order chi connectivity index (χ1) is 18.3. The molecule has 2 N–H and O–H groups in total. The Bertz CT molecular complexity index is 1430. The van der Waals surface area contributed by atoms with Gasteiger partial charge in [-0.15, -0.1) is 0 Å². The third-order valence-corrected chi connectivity index (χ3v) is 7.36. The summed E-state index contributed by atoms with van der Waals surface area (Å²) < 4.78 is 15.0. The molecule has 0 spiro atoms. The maximum absolute atomic E-state index is 12.6. The van der Waals surface area contributed by atoms with Gasteiger partial charge in [-0.25, -0.2) is 4.79 Å². The highest BCUT2D eigenvalue weighted by Gasteiger charge is 2.42. The molecule has 1 saturated heterocycles. The van der Waals surface area contributed by atoms with Gasteiger partial charge >= 0.3 is 5.69 Å². The Hall–Kier alpha value is -3.30. The number of hydrogen-bond donors (Lipinski definition) is 2. The van der Waals surface area contributed by atoms with Gasteiger partial charge in [0, 0.05) is 31.7 Å². The molecule has 4 aromatic rings. The first-order valence-electron chi connectivity index (χ1n) is 12.7. The van der Waals surface area contributed by atoms with Crippen LogP contribution in [0.5, 0.6) is 11.5 Å². The average Bonchev–Trinajstić information content (AvgIpc) is 3.16. The Kier molecular flexibility index (Phi) is 7.76. The Morgan fingerprint density at radius 3 is 2.37 bits per heavy atom. The highest BCUT2D eigenvalue weighted by Crippen LogP contribution is 2.26. The van der Waals surface area contributed by atoms with E-state index in [0.29, 0.717) is 50.0 Å². The number of hydrogen-bond acceptors (Lipinski definition) is 6. The molecule has 2 atom stereocenters. The van der Waals surface area contributed by atoms with Crippen molar-refractivity contribution in [1.82, 2.24) is 14.0 Å². The Labute approximate surface area is 226 Å². The number of rotatable bonds is 9. The van der Waals surface area contributed by atoms with Gasteiger partial charge in [0.25, 0.3) is 0 Å². The highest BCUT2D eigenvalue weighted by atomic mass is 35.5. The molecule has 1 fully saturated rings. The number of ether oxygens (including phenoxy) is 2. The van der Waals surface area contributed by atoms with E-state index in [1.807, 2.05) is 48.5 Å². The van der Waals surface area contributed by atoms with E-state index in [2.05, 4.69) is 4.90 Å². The van der Waals surface area contributed by atoms with Gasteiger partial charge in [0.1, 0.15) is 30.3 Å². The van der Waals surface area contributed by atoms with Crippen molar-refractivity contribution in [2.45, 2.75) is 31.2 Å². The molecule has 0 saturated carbocycles. The molecule has 0 unspecified atom stereocenters. The molecule has 0 bridgehead atoms. The first-order valence-corrected chi connectivity index (χ1v) is 13.1. The number of imidazole rings is 1. The number of aliphatic hydroxyl groups excluding tert-OH is 1. The van der Waals surface area contributed by atoms with E-state index in [9.17, 15) is 15.0 Å². The second-order valence-corrected chi connectivity index (χ2v) is 10.3. The standard InChI is InChI=1S/C29H32ClN3O5/c1-31-25-4-2-3-5-26(25)33(28(31)35)16-17-37-23-10-6-21(7-11-23)18-32-15-14-27(34)29(36,19-32)20-38-24-12-8-22(30)9-13-24/h2-13,27,34,36H,14-20H2,1H3/t27-,29-/m0/s1.